The van der Waals surface area contributed by atoms with Crippen LogP contribution in [-0.4, -0.2) is 69.9 Å². The zero-order valence-corrected chi connectivity index (χ0v) is 10.3. The second-order valence-corrected chi connectivity index (χ2v) is 4.17. The molecule has 0 bridgehead atoms. The third-order valence-electron chi connectivity index (χ3n) is 2.81. The van der Waals surface area contributed by atoms with Crippen LogP contribution in [0, 0.1) is 22.7 Å². The molecule has 1 heterocycles. The molecule has 0 spiro atoms. The van der Waals surface area contributed by atoms with Gasteiger partial charge in [0.2, 0.25) is 5.88 Å². The van der Waals surface area contributed by atoms with Crippen LogP contribution in [0.5, 0.6) is 0 Å². The number of aliphatic hydroxyl groups is 4. The smallest absolute Gasteiger partial charge is 0.219 e. The van der Waals surface area contributed by atoms with E-state index in [9.17, 15) is 15.3 Å². The maximum absolute atomic E-state index is 9.82. The van der Waals surface area contributed by atoms with Crippen LogP contribution in [-0.2, 0) is 4.74 Å². The van der Waals surface area contributed by atoms with Gasteiger partial charge in [-0.2, -0.15) is 10.5 Å². The second kappa shape index (κ2) is 6.36. The van der Waals surface area contributed by atoms with E-state index in [1.165, 1.54) is 4.90 Å². The summed E-state index contributed by atoms with van der Waals surface area (Å²) in [6.07, 6.45) is -5.45. The minimum absolute atomic E-state index is 0.0136. The summed E-state index contributed by atoms with van der Waals surface area (Å²) < 4.78 is 5.25. The minimum atomic E-state index is -1.59. The summed E-state index contributed by atoms with van der Waals surface area (Å²) in [6, 6.07) is 3.33. The molecule has 0 aromatic rings. The summed E-state index contributed by atoms with van der Waals surface area (Å²) in [5.41, 5.74) is -0.241. The number of nitriles is 2. The quantitative estimate of drug-likeness (QED) is 0.416. The molecule has 0 aliphatic carbocycles. The number of allylic oxidation sites excluding steroid dienone is 1. The van der Waals surface area contributed by atoms with Gasteiger partial charge in [-0.3, -0.25) is 0 Å². The van der Waals surface area contributed by atoms with Crippen molar-refractivity contribution in [2.24, 2.45) is 0 Å². The molecule has 0 aromatic carbocycles. The van der Waals surface area contributed by atoms with E-state index in [0.717, 1.165) is 0 Å². The fourth-order valence-electron chi connectivity index (χ4n) is 1.73. The highest BCUT2D eigenvalue weighted by Crippen LogP contribution is 2.24. The predicted molar refractivity (Wildman–Crippen MR) is 60.9 cm³/mol. The van der Waals surface area contributed by atoms with Crippen molar-refractivity contribution in [3.05, 3.63) is 11.5 Å². The normalized spacial score (nSPS) is 23.0. The number of likely N-dealkylation sites (N-methyl/N-ethyl adjacent to an activating group) is 1. The average Bonchev–Trinajstić information content (AvgIpc) is 2.80. The van der Waals surface area contributed by atoms with Gasteiger partial charge in [0.05, 0.1) is 13.2 Å². The predicted octanol–water partition coefficient (Wildman–Crippen LogP) is -2.35. The largest absolute Gasteiger partial charge is 0.470 e. The third kappa shape index (κ3) is 3.13. The molecule has 4 N–H and O–H groups in total. The first-order valence-electron chi connectivity index (χ1n) is 5.53. The Hall–Kier alpha value is -1.84. The van der Waals surface area contributed by atoms with Gasteiger partial charge in [-0.1, -0.05) is 0 Å². The molecule has 19 heavy (non-hydrogen) atoms. The van der Waals surface area contributed by atoms with Gasteiger partial charge in [0.15, 0.2) is 5.57 Å². The maximum Gasteiger partial charge on any atom is 0.219 e. The zero-order chi connectivity index (χ0) is 14.6. The average molecular weight is 269 g/mol. The van der Waals surface area contributed by atoms with Gasteiger partial charge in [0.25, 0.3) is 0 Å². The summed E-state index contributed by atoms with van der Waals surface area (Å²) in [5, 5.41) is 54.8. The molecule has 0 aromatic heterocycles. The first-order valence-corrected chi connectivity index (χ1v) is 5.53. The van der Waals surface area contributed by atoms with E-state index in [2.05, 4.69) is 0 Å². The van der Waals surface area contributed by atoms with Crippen LogP contribution in [0.4, 0.5) is 0 Å². The van der Waals surface area contributed by atoms with Crippen molar-refractivity contribution < 1.29 is 25.2 Å². The van der Waals surface area contributed by atoms with Gasteiger partial charge in [-0.05, 0) is 0 Å². The monoisotopic (exact) mass is 269 g/mol. The molecule has 4 atom stereocenters. The SMILES string of the molecule is CN1C[C@@H]([C@H](O)[C@@H](O)[C@@H](O)CO)OC1=C(C#N)C#N. The number of aliphatic hydroxyl groups excluding tert-OH is 4. The van der Waals surface area contributed by atoms with Gasteiger partial charge in [0.1, 0.15) is 36.6 Å². The van der Waals surface area contributed by atoms with Crippen LogP contribution in [0.15, 0.2) is 11.5 Å². The van der Waals surface area contributed by atoms with Gasteiger partial charge < -0.3 is 30.1 Å². The summed E-state index contributed by atoms with van der Waals surface area (Å²) in [5.74, 6) is 0.0136. The lowest BCUT2D eigenvalue weighted by atomic mass is 10.0. The summed E-state index contributed by atoms with van der Waals surface area (Å²) >= 11 is 0. The van der Waals surface area contributed by atoms with Crippen LogP contribution in [0.3, 0.4) is 0 Å². The van der Waals surface area contributed by atoms with Crippen LogP contribution in [0.1, 0.15) is 0 Å². The van der Waals surface area contributed by atoms with E-state index >= 15 is 0 Å². The number of ether oxygens (including phenoxy) is 1. The summed E-state index contributed by atoms with van der Waals surface area (Å²) in [4.78, 5) is 1.45. The Balaban J connectivity index is 2.84. The molecule has 0 unspecified atom stereocenters. The summed E-state index contributed by atoms with van der Waals surface area (Å²) in [7, 11) is 1.56. The molecular formula is C11H15N3O5. The van der Waals surface area contributed by atoms with E-state index in [-0.39, 0.29) is 18.0 Å². The summed E-state index contributed by atoms with van der Waals surface area (Å²) in [6.45, 7) is -0.566. The number of rotatable bonds is 4. The third-order valence-corrected chi connectivity index (χ3v) is 2.81. The Morgan fingerprint density at radius 2 is 2.00 bits per heavy atom. The van der Waals surface area contributed by atoms with Crippen LogP contribution in [0.2, 0.25) is 0 Å². The topological polar surface area (TPSA) is 141 Å². The Morgan fingerprint density at radius 1 is 1.42 bits per heavy atom. The van der Waals surface area contributed by atoms with Gasteiger partial charge >= 0.3 is 0 Å². The molecule has 0 amide bonds. The number of nitrogens with zero attached hydrogens (tertiary/aromatic N) is 3. The van der Waals surface area contributed by atoms with Crippen molar-refractivity contribution >= 4 is 0 Å². The molecule has 8 nitrogen and oxygen atoms in total. The Kier molecular flexibility index (Phi) is 5.10. The van der Waals surface area contributed by atoms with Crippen LogP contribution >= 0.6 is 0 Å². The van der Waals surface area contributed by atoms with E-state index in [4.69, 9.17) is 20.4 Å². The molecule has 1 saturated heterocycles. The van der Waals surface area contributed by atoms with Crippen molar-refractivity contribution in [1.29, 1.82) is 10.5 Å². The molecule has 8 heteroatoms. The van der Waals surface area contributed by atoms with Gasteiger partial charge in [-0.25, -0.2) is 0 Å². The van der Waals surface area contributed by atoms with Crippen molar-refractivity contribution in [3.63, 3.8) is 0 Å². The van der Waals surface area contributed by atoms with Crippen molar-refractivity contribution in [2.45, 2.75) is 24.4 Å². The lowest BCUT2D eigenvalue weighted by Gasteiger charge is -2.24. The van der Waals surface area contributed by atoms with E-state index in [1.54, 1.807) is 19.2 Å². The van der Waals surface area contributed by atoms with Crippen molar-refractivity contribution in [2.75, 3.05) is 20.2 Å². The van der Waals surface area contributed by atoms with Crippen LogP contribution < -0.4 is 0 Å². The second-order valence-electron chi connectivity index (χ2n) is 4.17. The Labute approximate surface area is 110 Å². The van der Waals surface area contributed by atoms with Crippen molar-refractivity contribution in [3.8, 4) is 12.1 Å². The maximum atomic E-state index is 9.82. The van der Waals surface area contributed by atoms with E-state index in [0.29, 0.717) is 0 Å². The fourth-order valence-corrected chi connectivity index (χ4v) is 1.73. The highest BCUT2D eigenvalue weighted by atomic mass is 16.5. The first-order chi connectivity index (χ1) is 8.96. The number of hydrogen-bond donors (Lipinski definition) is 4. The Morgan fingerprint density at radius 3 is 2.47 bits per heavy atom. The molecule has 1 aliphatic rings. The highest BCUT2D eigenvalue weighted by Gasteiger charge is 2.39. The fraction of sp³-hybridized carbons (Fsp3) is 0.636. The van der Waals surface area contributed by atoms with E-state index < -0.39 is 31.0 Å². The Bertz CT molecular complexity index is 423. The molecule has 1 aliphatic heterocycles. The standard InChI is InChI=1S/C11H15N3O5/c1-14-4-8(10(18)9(17)7(16)5-15)19-11(14)6(2-12)3-13/h7-10,15-18H,4-5H2,1H3/t7-,8-,9-,10-/m0/s1. The lowest BCUT2D eigenvalue weighted by molar-refractivity contribution is -0.110. The molecule has 1 rings (SSSR count). The molecule has 0 radical (unpaired) electrons. The molecular weight excluding hydrogens is 254 g/mol. The minimum Gasteiger partial charge on any atom is -0.470 e. The van der Waals surface area contributed by atoms with Gasteiger partial charge in [0, 0.05) is 7.05 Å². The highest BCUT2D eigenvalue weighted by molar-refractivity contribution is 5.38. The van der Waals surface area contributed by atoms with Crippen LogP contribution in [0.25, 0.3) is 0 Å². The lowest BCUT2D eigenvalue weighted by Crippen LogP contribution is -2.47. The van der Waals surface area contributed by atoms with Gasteiger partial charge in [-0.15, -0.1) is 0 Å². The molecule has 104 valence electrons. The number of hydrogen-bond acceptors (Lipinski definition) is 8. The zero-order valence-electron chi connectivity index (χ0n) is 10.3. The molecule has 1 fully saturated rings. The first kappa shape index (κ1) is 15.2. The van der Waals surface area contributed by atoms with E-state index in [1.807, 2.05) is 0 Å². The van der Waals surface area contributed by atoms with Crippen molar-refractivity contribution in [1.82, 2.24) is 4.90 Å². The molecule has 0 saturated carbocycles.